The number of halogens is 2. The molecule has 0 saturated heterocycles. The molecule has 108 valence electrons. The molecule has 0 radical (unpaired) electrons. The number of nitrogens with one attached hydrogen (secondary N) is 1. The van der Waals surface area contributed by atoms with Crippen molar-refractivity contribution in [3.8, 4) is 0 Å². The number of benzene rings is 1. The van der Waals surface area contributed by atoms with E-state index in [1.165, 1.54) is 12.3 Å². The van der Waals surface area contributed by atoms with E-state index in [2.05, 4.69) is 10.3 Å². The van der Waals surface area contributed by atoms with Gasteiger partial charge >= 0.3 is 5.97 Å². The third-order valence-electron chi connectivity index (χ3n) is 2.72. The first kappa shape index (κ1) is 15.3. The number of nitrogens with zero attached hydrogens (tertiary/aromatic N) is 1. The summed E-state index contributed by atoms with van der Waals surface area (Å²) in [7, 11) is 0. The molecule has 0 aliphatic carbocycles. The number of carboxylic acid groups (broad SMARTS) is 1. The molecular weight excluding hydrogens is 315 g/mol. The molecule has 2 aromatic rings. The fraction of sp³-hybridized carbons (Fsp3) is 0.0714. The minimum Gasteiger partial charge on any atom is -0.479 e. The van der Waals surface area contributed by atoms with Crippen molar-refractivity contribution in [2.24, 2.45) is 0 Å². The smallest absolute Gasteiger partial charge is 0.330 e. The van der Waals surface area contributed by atoms with Crippen LogP contribution in [0.2, 0.25) is 10.2 Å². The van der Waals surface area contributed by atoms with Gasteiger partial charge in [-0.05, 0) is 11.6 Å². The Morgan fingerprint density at radius 2 is 1.86 bits per heavy atom. The highest BCUT2D eigenvalue weighted by atomic mass is 35.5. The van der Waals surface area contributed by atoms with E-state index in [0.717, 1.165) is 0 Å². The maximum atomic E-state index is 12.2. The van der Waals surface area contributed by atoms with Crippen LogP contribution in [0.15, 0.2) is 42.6 Å². The van der Waals surface area contributed by atoms with Crippen LogP contribution in [0.3, 0.4) is 0 Å². The minimum atomic E-state index is -1.18. The summed E-state index contributed by atoms with van der Waals surface area (Å²) in [6.07, 6.45) is 1.23. The summed E-state index contributed by atoms with van der Waals surface area (Å²) in [5.74, 6) is -1.81. The fourth-order valence-electron chi connectivity index (χ4n) is 1.73. The SMILES string of the molecule is O=C(N[C@H](C(=O)O)c1ccccc1)c1cc(Cl)ncc1Cl. The summed E-state index contributed by atoms with van der Waals surface area (Å²) in [5, 5.41) is 11.9. The molecule has 2 rings (SSSR count). The zero-order valence-electron chi connectivity index (χ0n) is 10.6. The lowest BCUT2D eigenvalue weighted by Gasteiger charge is -2.15. The number of aliphatic carboxylic acids is 1. The normalized spacial score (nSPS) is 11.7. The predicted molar refractivity (Wildman–Crippen MR) is 78.5 cm³/mol. The van der Waals surface area contributed by atoms with Crippen LogP contribution in [0, 0.1) is 0 Å². The maximum Gasteiger partial charge on any atom is 0.330 e. The largest absolute Gasteiger partial charge is 0.479 e. The number of pyridine rings is 1. The van der Waals surface area contributed by atoms with Gasteiger partial charge in [0.1, 0.15) is 5.15 Å². The fourth-order valence-corrected chi connectivity index (χ4v) is 2.08. The first-order chi connectivity index (χ1) is 9.99. The Morgan fingerprint density at radius 1 is 1.19 bits per heavy atom. The van der Waals surface area contributed by atoms with Crippen molar-refractivity contribution in [2.45, 2.75) is 6.04 Å². The highest BCUT2D eigenvalue weighted by Crippen LogP contribution is 2.20. The van der Waals surface area contributed by atoms with E-state index in [-0.39, 0.29) is 15.7 Å². The van der Waals surface area contributed by atoms with Gasteiger partial charge in [-0.15, -0.1) is 0 Å². The number of hydrogen-bond donors (Lipinski definition) is 2. The summed E-state index contributed by atoms with van der Waals surface area (Å²) in [6.45, 7) is 0. The van der Waals surface area contributed by atoms with E-state index in [4.69, 9.17) is 23.2 Å². The zero-order chi connectivity index (χ0) is 15.4. The molecule has 0 unspecified atom stereocenters. The van der Waals surface area contributed by atoms with Crippen molar-refractivity contribution in [1.29, 1.82) is 0 Å². The number of rotatable bonds is 4. The van der Waals surface area contributed by atoms with Gasteiger partial charge in [-0.1, -0.05) is 53.5 Å². The molecule has 0 aliphatic rings. The standard InChI is InChI=1S/C14H10Cl2N2O3/c15-10-7-17-11(16)6-9(10)13(19)18-12(14(20)21)8-4-2-1-3-5-8/h1-7,12H,(H,18,19)(H,20,21)/t12-/m0/s1. The van der Waals surface area contributed by atoms with Gasteiger partial charge in [0, 0.05) is 6.20 Å². The third-order valence-corrected chi connectivity index (χ3v) is 3.23. The summed E-state index contributed by atoms with van der Waals surface area (Å²) < 4.78 is 0. The van der Waals surface area contributed by atoms with Crippen LogP contribution in [0.25, 0.3) is 0 Å². The molecule has 1 aromatic carbocycles. The summed E-state index contributed by atoms with van der Waals surface area (Å²) >= 11 is 11.6. The van der Waals surface area contributed by atoms with Crippen LogP contribution in [0.5, 0.6) is 0 Å². The Hall–Kier alpha value is -2.11. The number of hydrogen-bond acceptors (Lipinski definition) is 3. The van der Waals surface area contributed by atoms with E-state index in [1.807, 2.05) is 0 Å². The number of carboxylic acids is 1. The van der Waals surface area contributed by atoms with Gasteiger partial charge in [0.15, 0.2) is 6.04 Å². The number of amides is 1. The summed E-state index contributed by atoms with van der Waals surface area (Å²) in [5.41, 5.74) is 0.522. The van der Waals surface area contributed by atoms with Crippen LogP contribution in [0.1, 0.15) is 22.0 Å². The van der Waals surface area contributed by atoms with E-state index in [9.17, 15) is 14.7 Å². The van der Waals surface area contributed by atoms with E-state index in [1.54, 1.807) is 30.3 Å². The maximum absolute atomic E-state index is 12.2. The number of carbonyl (C=O) groups is 2. The molecular formula is C14H10Cl2N2O3. The number of carbonyl (C=O) groups excluding carboxylic acids is 1. The highest BCUT2D eigenvalue weighted by Gasteiger charge is 2.23. The molecule has 0 saturated carbocycles. The van der Waals surface area contributed by atoms with Gasteiger partial charge in [-0.25, -0.2) is 9.78 Å². The third kappa shape index (κ3) is 3.71. The van der Waals surface area contributed by atoms with Crippen molar-refractivity contribution in [3.63, 3.8) is 0 Å². The van der Waals surface area contributed by atoms with Gasteiger partial charge in [0.2, 0.25) is 0 Å². The molecule has 1 aromatic heterocycles. The van der Waals surface area contributed by atoms with Crippen LogP contribution in [0.4, 0.5) is 0 Å². The van der Waals surface area contributed by atoms with Gasteiger partial charge < -0.3 is 10.4 Å². The molecule has 21 heavy (non-hydrogen) atoms. The van der Waals surface area contributed by atoms with Gasteiger partial charge in [-0.2, -0.15) is 0 Å². The van der Waals surface area contributed by atoms with Crippen LogP contribution < -0.4 is 5.32 Å². The molecule has 0 bridgehead atoms. The Kier molecular flexibility index (Phi) is 4.77. The second kappa shape index (κ2) is 6.56. The molecule has 1 heterocycles. The Labute approximate surface area is 130 Å². The van der Waals surface area contributed by atoms with E-state index < -0.39 is 17.9 Å². The lowest BCUT2D eigenvalue weighted by Crippen LogP contribution is -2.33. The monoisotopic (exact) mass is 324 g/mol. The molecule has 1 atom stereocenters. The van der Waals surface area contributed by atoms with Crippen molar-refractivity contribution < 1.29 is 14.7 Å². The minimum absolute atomic E-state index is 0.0684. The van der Waals surface area contributed by atoms with E-state index in [0.29, 0.717) is 5.56 Å². The Morgan fingerprint density at radius 3 is 2.48 bits per heavy atom. The zero-order valence-corrected chi connectivity index (χ0v) is 12.1. The number of aromatic nitrogens is 1. The quantitative estimate of drug-likeness (QED) is 0.847. The molecule has 2 N–H and O–H groups in total. The first-order valence-corrected chi connectivity index (χ1v) is 6.64. The summed E-state index contributed by atoms with van der Waals surface area (Å²) in [4.78, 5) is 27.2. The topological polar surface area (TPSA) is 79.3 Å². The second-order valence-corrected chi connectivity index (χ2v) is 4.94. The van der Waals surface area contributed by atoms with Crippen LogP contribution in [-0.4, -0.2) is 22.0 Å². The van der Waals surface area contributed by atoms with Gasteiger partial charge in [-0.3, -0.25) is 4.79 Å². The molecule has 0 aliphatic heterocycles. The second-order valence-electron chi connectivity index (χ2n) is 4.14. The van der Waals surface area contributed by atoms with Gasteiger partial charge in [0.25, 0.3) is 5.91 Å². The predicted octanol–water partition coefficient (Wildman–Crippen LogP) is 2.94. The average molecular weight is 325 g/mol. The molecule has 1 amide bonds. The average Bonchev–Trinajstić information content (AvgIpc) is 2.47. The lowest BCUT2D eigenvalue weighted by atomic mass is 10.1. The lowest BCUT2D eigenvalue weighted by molar-refractivity contribution is -0.139. The van der Waals surface area contributed by atoms with Crippen LogP contribution >= 0.6 is 23.2 Å². The molecule has 0 spiro atoms. The van der Waals surface area contributed by atoms with Crippen molar-refractivity contribution in [1.82, 2.24) is 10.3 Å². The molecule has 5 nitrogen and oxygen atoms in total. The van der Waals surface area contributed by atoms with Crippen molar-refractivity contribution in [2.75, 3.05) is 0 Å². The molecule has 7 heteroatoms. The van der Waals surface area contributed by atoms with Crippen molar-refractivity contribution >= 4 is 35.1 Å². The van der Waals surface area contributed by atoms with Crippen molar-refractivity contribution in [3.05, 3.63) is 63.9 Å². The van der Waals surface area contributed by atoms with E-state index >= 15 is 0 Å². The first-order valence-electron chi connectivity index (χ1n) is 5.88. The van der Waals surface area contributed by atoms with Crippen LogP contribution in [-0.2, 0) is 4.79 Å². The molecule has 0 fully saturated rings. The Bertz CT molecular complexity index is 677. The summed E-state index contributed by atoms with van der Waals surface area (Å²) in [6, 6.07) is 8.45. The Balaban J connectivity index is 2.27. The van der Waals surface area contributed by atoms with Gasteiger partial charge in [0.05, 0.1) is 10.6 Å². The highest BCUT2D eigenvalue weighted by molar-refractivity contribution is 6.35.